The SMILES string of the molecule is CCCCCC.CCCCCCCCC=CCCCCCCCC(=O)O.[Cu]. The van der Waals surface area contributed by atoms with Gasteiger partial charge in [0.05, 0.1) is 0 Å². The molecule has 0 aliphatic heterocycles. The Kier molecular flexibility index (Phi) is 35.4. The van der Waals surface area contributed by atoms with Gasteiger partial charge in [-0.3, -0.25) is 4.79 Å². The summed E-state index contributed by atoms with van der Waals surface area (Å²) < 4.78 is 0. The molecule has 0 atom stereocenters. The van der Waals surface area contributed by atoms with Crippen molar-refractivity contribution in [3.05, 3.63) is 12.2 Å². The predicted octanol–water partition coefficient (Wildman–Crippen LogP) is 8.69. The van der Waals surface area contributed by atoms with E-state index >= 15 is 0 Å². The van der Waals surface area contributed by atoms with E-state index in [1.54, 1.807) is 0 Å². The van der Waals surface area contributed by atoms with Gasteiger partial charge in [0, 0.05) is 23.5 Å². The van der Waals surface area contributed by atoms with Crippen LogP contribution in [0.4, 0.5) is 0 Å². The van der Waals surface area contributed by atoms with Gasteiger partial charge in [0.15, 0.2) is 0 Å². The van der Waals surface area contributed by atoms with E-state index in [1.807, 2.05) is 0 Å². The van der Waals surface area contributed by atoms with Crippen LogP contribution in [0, 0.1) is 0 Å². The molecule has 0 unspecified atom stereocenters. The van der Waals surface area contributed by atoms with Crippen molar-refractivity contribution in [2.45, 2.75) is 136 Å². The maximum absolute atomic E-state index is 10.3. The molecule has 0 heterocycles. The third-order valence-electron chi connectivity index (χ3n) is 4.61. The smallest absolute Gasteiger partial charge is 0.303 e. The van der Waals surface area contributed by atoms with Gasteiger partial charge in [0.2, 0.25) is 0 Å². The number of carboxylic acids is 1. The van der Waals surface area contributed by atoms with Crippen molar-refractivity contribution in [3.63, 3.8) is 0 Å². The van der Waals surface area contributed by atoms with Crippen LogP contribution in [0.25, 0.3) is 0 Å². The molecule has 2 nitrogen and oxygen atoms in total. The van der Waals surface area contributed by atoms with Crippen molar-refractivity contribution < 1.29 is 27.0 Å². The Morgan fingerprint density at radius 1 is 0.593 bits per heavy atom. The molecule has 0 aromatic carbocycles. The molecule has 0 saturated carbocycles. The summed E-state index contributed by atoms with van der Waals surface area (Å²) in [6.45, 7) is 6.72. The van der Waals surface area contributed by atoms with Crippen molar-refractivity contribution in [1.82, 2.24) is 0 Å². The molecule has 0 bridgehead atoms. The largest absolute Gasteiger partial charge is 0.481 e. The summed E-state index contributed by atoms with van der Waals surface area (Å²) in [5.41, 5.74) is 0. The molecule has 27 heavy (non-hydrogen) atoms. The number of rotatable bonds is 18. The minimum Gasteiger partial charge on any atom is -0.481 e. The molecular weight excluding hydrogens is 384 g/mol. The first-order valence-electron chi connectivity index (χ1n) is 11.6. The molecule has 0 fully saturated rings. The molecule has 1 N–H and O–H groups in total. The van der Waals surface area contributed by atoms with Crippen molar-refractivity contribution >= 4 is 5.97 Å². The second-order valence-corrected chi connectivity index (χ2v) is 7.44. The van der Waals surface area contributed by atoms with Crippen LogP contribution in [0.15, 0.2) is 12.2 Å². The van der Waals surface area contributed by atoms with Crippen LogP contribution in [0.1, 0.15) is 136 Å². The summed E-state index contributed by atoms with van der Waals surface area (Å²) in [5, 5.41) is 8.51. The summed E-state index contributed by atoms with van der Waals surface area (Å²) >= 11 is 0. The fourth-order valence-electron chi connectivity index (χ4n) is 2.85. The Morgan fingerprint density at radius 3 is 1.33 bits per heavy atom. The van der Waals surface area contributed by atoms with Crippen LogP contribution in [-0.2, 0) is 21.9 Å². The summed E-state index contributed by atoms with van der Waals surface area (Å²) in [6, 6.07) is 0. The molecule has 0 aromatic heterocycles. The number of aliphatic carboxylic acids is 1. The van der Waals surface area contributed by atoms with E-state index in [2.05, 4.69) is 32.9 Å². The van der Waals surface area contributed by atoms with Crippen molar-refractivity contribution in [2.75, 3.05) is 0 Å². The van der Waals surface area contributed by atoms with Crippen LogP contribution in [0.3, 0.4) is 0 Å². The summed E-state index contributed by atoms with van der Waals surface area (Å²) in [7, 11) is 0. The third-order valence-corrected chi connectivity index (χ3v) is 4.61. The van der Waals surface area contributed by atoms with Crippen LogP contribution >= 0.6 is 0 Å². The molecular formula is C24H48CuO2. The van der Waals surface area contributed by atoms with E-state index in [1.165, 1.54) is 96.3 Å². The van der Waals surface area contributed by atoms with Crippen LogP contribution in [0.5, 0.6) is 0 Å². The van der Waals surface area contributed by atoms with E-state index in [0.717, 1.165) is 12.8 Å². The monoisotopic (exact) mass is 431 g/mol. The average molecular weight is 432 g/mol. The van der Waals surface area contributed by atoms with Gasteiger partial charge in [-0.25, -0.2) is 0 Å². The number of carboxylic acid groups (broad SMARTS) is 1. The van der Waals surface area contributed by atoms with Gasteiger partial charge in [0.1, 0.15) is 0 Å². The molecule has 0 amide bonds. The molecule has 3 heteroatoms. The average Bonchev–Trinajstić information content (AvgIpc) is 2.63. The first-order valence-corrected chi connectivity index (χ1v) is 11.6. The fraction of sp³-hybridized carbons (Fsp3) is 0.875. The summed E-state index contributed by atoms with van der Waals surface area (Å²) in [6.07, 6.45) is 26.8. The van der Waals surface area contributed by atoms with Gasteiger partial charge in [-0.15, -0.1) is 0 Å². The van der Waals surface area contributed by atoms with Crippen LogP contribution in [0.2, 0.25) is 0 Å². The molecule has 0 rings (SSSR count). The maximum Gasteiger partial charge on any atom is 0.303 e. The standard InChI is InChI=1S/C18H34O2.C6H14.Cu/c1-2-3-4-5-6-7-8-9-10-11-12-13-14-15-16-17-18(19)20;1-3-5-6-4-2;/h9-10H,2-8,11-17H2,1H3,(H,19,20);3-6H2,1-2H3;. The second kappa shape index (κ2) is 30.5. The molecule has 0 aliphatic carbocycles. The number of hydrogen-bond donors (Lipinski definition) is 1. The number of hydrogen-bond acceptors (Lipinski definition) is 1. The Morgan fingerprint density at radius 2 is 0.926 bits per heavy atom. The molecule has 0 aliphatic rings. The fourth-order valence-corrected chi connectivity index (χ4v) is 2.85. The summed E-state index contributed by atoms with van der Waals surface area (Å²) in [4.78, 5) is 10.3. The normalized spacial score (nSPS) is 10.3. The predicted molar refractivity (Wildman–Crippen MR) is 117 cm³/mol. The minimum atomic E-state index is -0.664. The Bertz CT molecular complexity index is 286. The van der Waals surface area contributed by atoms with Gasteiger partial charge in [-0.05, 0) is 32.1 Å². The Hall–Kier alpha value is -0.271. The zero-order valence-corrected chi connectivity index (χ0v) is 19.5. The quantitative estimate of drug-likeness (QED) is 0.134. The van der Waals surface area contributed by atoms with Crippen molar-refractivity contribution in [3.8, 4) is 0 Å². The topological polar surface area (TPSA) is 37.3 Å². The molecule has 1 radical (unpaired) electrons. The van der Waals surface area contributed by atoms with Crippen molar-refractivity contribution in [2.24, 2.45) is 0 Å². The van der Waals surface area contributed by atoms with Crippen LogP contribution < -0.4 is 0 Å². The molecule has 167 valence electrons. The van der Waals surface area contributed by atoms with E-state index in [4.69, 9.17) is 5.11 Å². The zero-order valence-electron chi connectivity index (χ0n) is 18.5. The van der Waals surface area contributed by atoms with Gasteiger partial charge in [-0.2, -0.15) is 0 Å². The van der Waals surface area contributed by atoms with Crippen molar-refractivity contribution in [1.29, 1.82) is 0 Å². The minimum absolute atomic E-state index is 0. The summed E-state index contributed by atoms with van der Waals surface area (Å²) in [5.74, 6) is -0.664. The molecule has 0 saturated heterocycles. The van der Waals surface area contributed by atoms with Gasteiger partial charge in [-0.1, -0.05) is 110 Å². The zero-order chi connectivity index (χ0) is 19.7. The van der Waals surface area contributed by atoms with Crippen LogP contribution in [-0.4, -0.2) is 11.1 Å². The molecule has 0 spiro atoms. The number of carbonyl (C=O) groups is 1. The number of unbranched alkanes of at least 4 members (excludes halogenated alkanes) is 14. The van der Waals surface area contributed by atoms with Gasteiger partial charge < -0.3 is 5.11 Å². The van der Waals surface area contributed by atoms with E-state index in [0.29, 0.717) is 6.42 Å². The Labute approximate surface area is 181 Å². The van der Waals surface area contributed by atoms with Gasteiger partial charge in [0.25, 0.3) is 0 Å². The molecule has 0 aromatic rings. The van der Waals surface area contributed by atoms with E-state index < -0.39 is 5.97 Å². The first-order chi connectivity index (χ1) is 12.7. The first kappa shape index (κ1) is 31.4. The maximum atomic E-state index is 10.3. The second-order valence-electron chi connectivity index (χ2n) is 7.44. The number of allylic oxidation sites excluding steroid dienone is 2. The van der Waals surface area contributed by atoms with E-state index in [9.17, 15) is 4.79 Å². The Balaban J connectivity index is -0.000000709. The third kappa shape index (κ3) is 37.2. The van der Waals surface area contributed by atoms with Gasteiger partial charge >= 0.3 is 5.97 Å². The van der Waals surface area contributed by atoms with E-state index in [-0.39, 0.29) is 17.1 Å².